The highest BCUT2D eigenvalue weighted by Crippen LogP contribution is 2.26. The molecule has 0 atom stereocenters. The molecule has 1 N–H and O–H groups in total. The normalized spacial score (nSPS) is 20.3. The van der Waals surface area contributed by atoms with Crippen LogP contribution in [0.25, 0.3) is 0 Å². The van der Waals surface area contributed by atoms with Crippen LogP contribution in [0.5, 0.6) is 0 Å². The Kier molecular flexibility index (Phi) is 4.36. The largest absolute Gasteiger partial charge is 0.481 e. The first kappa shape index (κ1) is 13.5. The number of nitrogens with zero attached hydrogens (tertiary/aromatic N) is 1. The Morgan fingerprint density at radius 2 is 1.88 bits per heavy atom. The van der Waals surface area contributed by atoms with E-state index in [1.54, 1.807) is 0 Å². The summed E-state index contributed by atoms with van der Waals surface area (Å²) in [5, 5.41) is 9.09. The molecule has 1 aliphatic heterocycles. The summed E-state index contributed by atoms with van der Waals surface area (Å²) in [7, 11) is 0. The van der Waals surface area contributed by atoms with Crippen molar-refractivity contribution in [1.82, 2.24) is 4.90 Å². The zero-order valence-electron chi connectivity index (χ0n) is 11.0. The molecular formula is C13H25NO2. The third-order valence-corrected chi connectivity index (χ3v) is 3.77. The summed E-state index contributed by atoms with van der Waals surface area (Å²) in [6, 6.07) is 0. The van der Waals surface area contributed by atoms with Gasteiger partial charge in [-0.3, -0.25) is 4.79 Å². The fourth-order valence-corrected chi connectivity index (χ4v) is 2.40. The molecule has 1 rings (SSSR count). The SMILES string of the molecule is CC(C)C1CCN(CC(C)(C)C(=O)O)CC1. The van der Waals surface area contributed by atoms with E-state index in [4.69, 9.17) is 5.11 Å². The molecule has 1 fully saturated rings. The van der Waals surface area contributed by atoms with Crippen molar-refractivity contribution in [2.75, 3.05) is 19.6 Å². The summed E-state index contributed by atoms with van der Waals surface area (Å²) < 4.78 is 0. The Morgan fingerprint density at radius 3 is 2.25 bits per heavy atom. The second kappa shape index (κ2) is 5.17. The molecule has 0 aliphatic carbocycles. The number of likely N-dealkylation sites (tertiary alicyclic amines) is 1. The lowest BCUT2D eigenvalue weighted by Gasteiger charge is -2.36. The summed E-state index contributed by atoms with van der Waals surface area (Å²) >= 11 is 0. The van der Waals surface area contributed by atoms with Gasteiger partial charge in [-0.2, -0.15) is 0 Å². The maximum atomic E-state index is 11.0. The van der Waals surface area contributed by atoms with Gasteiger partial charge in [-0.15, -0.1) is 0 Å². The Bertz CT molecular complexity index is 240. The highest BCUT2D eigenvalue weighted by Gasteiger charge is 2.31. The number of aliphatic carboxylic acids is 1. The molecule has 0 bridgehead atoms. The van der Waals surface area contributed by atoms with Crippen LogP contribution in [-0.2, 0) is 4.79 Å². The first-order valence-corrected chi connectivity index (χ1v) is 6.28. The van der Waals surface area contributed by atoms with Gasteiger partial charge in [-0.25, -0.2) is 0 Å². The fraction of sp³-hybridized carbons (Fsp3) is 0.923. The van der Waals surface area contributed by atoms with Crippen molar-refractivity contribution in [2.45, 2.75) is 40.5 Å². The van der Waals surface area contributed by atoms with Gasteiger partial charge in [-0.05, 0) is 51.6 Å². The van der Waals surface area contributed by atoms with Crippen LogP contribution in [-0.4, -0.2) is 35.6 Å². The molecule has 0 aromatic rings. The van der Waals surface area contributed by atoms with Crippen molar-refractivity contribution >= 4 is 5.97 Å². The van der Waals surface area contributed by atoms with Crippen LogP contribution in [0.2, 0.25) is 0 Å². The average molecular weight is 227 g/mol. The maximum absolute atomic E-state index is 11.0. The Hall–Kier alpha value is -0.570. The van der Waals surface area contributed by atoms with E-state index in [-0.39, 0.29) is 0 Å². The summed E-state index contributed by atoms with van der Waals surface area (Å²) in [6.07, 6.45) is 2.43. The van der Waals surface area contributed by atoms with Gasteiger partial charge in [0.05, 0.1) is 5.41 Å². The molecule has 1 heterocycles. The van der Waals surface area contributed by atoms with Crippen molar-refractivity contribution < 1.29 is 9.90 Å². The summed E-state index contributed by atoms with van der Waals surface area (Å²) in [5.74, 6) is 0.886. The predicted molar refractivity (Wildman–Crippen MR) is 65.4 cm³/mol. The Labute approximate surface area is 98.8 Å². The van der Waals surface area contributed by atoms with E-state index in [0.717, 1.165) is 24.9 Å². The third-order valence-electron chi connectivity index (χ3n) is 3.77. The zero-order valence-corrected chi connectivity index (χ0v) is 11.0. The molecule has 1 saturated heterocycles. The minimum absolute atomic E-state index is 0.620. The van der Waals surface area contributed by atoms with E-state index >= 15 is 0 Å². The van der Waals surface area contributed by atoms with E-state index in [1.807, 2.05) is 13.8 Å². The predicted octanol–water partition coefficient (Wildman–Crippen LogP) is 2.47. The number of rotatable bonds is 4. The van der Waals surface area contributed by atoms with Gasteiger partial charge in [0.25, 0.3) is 0 Å². The molecule has 16 heavy (non-hydrogen) atoms. The van der Waals surface area contributed by atoms with Crippen LogP contribution in [0.4, 0.5) is 0 Å². The van der Waals surface area contributed by atoms with Crippen LogP contribution < -0.4 is 0 Å². The van der Waals surface area contributed by atoms with E-state index in [2.05, 4.69) is 18.7 Å². The van der Waals surface area contributed by atoms with Gasteiger partial charge < -0.3 is 10.0 Å². The van der Waals surface area contributed by atoms with Crippen LogP contribution in [0.15, 0.2) is 0 Å². The second-order valence-corrected chi connectivity index (χ2v) is 6.05. The average Bonchev–Trinajstić information content (AvgIpc) is 2.17. The summed E-state index contributed by atoms with van der Waals surface area (Å²) in [4.78, 5) is 13.3. The van der Waals surface area contributed by atoms with Gasteiger partial charge in [0.1, 0.15) is 0 Å². The van der Waals surface area contributed by atoms with E-state index in [9.17, 15) is 4.79 Å². The molecule has 1 aliphatic rings. The number of hydrogen-bond donors (Lipinski definition) is 1. The van der Waals surface area contributed by atoms with Crippen LogP contribution >= 0.6 is 0 Å². The van der Waals surface area contributed by atoms with E-state index < -0.39 is 11.4 Å². The van der Waals surface area contributed by atoms with Crippen LogP contribution in [0.1, 0.15) is 40.5 Å². The standard InChI is InChI=1S/C13H25NO2/c1-10(2)11-5-7-14(8-6-11)9-13(3,4)12(15)16/h10-11H,5-9H2,1-4H3,(H,15,16). The van der Waals surface area contributed by atoms with Crippen molar-refractivity contribution in [3.63, 3.8) is 0 Å². The number of carboxylic acids is 1. The first-order chi connectivity index (χ1) is 7.33. The first-order valence-electron chi connectivity index (χ1n) is 6.28. The number of carbonyl (C=O) groups is 1. The highest BCUT2D eigenvalue weighted by molar-refractivity contribution is 5.73. The lowest BCUT2D eigenvalue weighted by molar-refractivity contribution is -0.148. The molecule has 0 spiro atoms. The zero-order chi connectivity index (χ0) is 12.3. The van der Waals surface area contributed by atoms with Gasteiger partial charge >= 0.3 is 5.97 Å². The molecule has 0 saturated carbocycles. The molecule has 3 nitrogen and oxygen atoms in total. The van der Waals surface area contributed by atoms with Gasteiger partial charge in [0.15, 0.2) is 0 Å². The molecular weight excluding hydrogens is 202 g/mol. The molecule has 0 aromatic heterocycles. The number of carboxylic acid groups (broad SMARTS) is 1. The Balaban J connectivity index is 2.40. The minimum atomic E-state index is -0.696. The van der Waals surface area contributed by atoms with Crippen molar-refractivity contribution in [1.29, 1.82) is 0 Å². The molecule has 0 amide bonds. The highest BCUT2D eigenvalue weighted by atomic mass is 16.4. The van der Waals surface area contributed by atoms with Gasteiger partial charge in [-0.1, -0.05) is 13.8 Å². The van der Waals surface area contributed by atoms with Crippen molar-refractivity contribution in [2.24, 2.45) is 17.3 Å². The smallest absolute Gasteiger partial charge is 0.310 e. The molecule has 3 heteroatoms. The number of hydrogen-bond acceptors (Lipinski definition) is 2. The van der Waals surface area contributed by atoms with Crippen LogP contribution in [0, 0.1) is 17.3 Å². The maximum Gasteiger partial charge on any atom is 0.310 e. The van der Waals surface area contributed by atoms with Gasteiger partial charge in [0.2, 0.25) is 0 Å². The monoisotopic (exact) mass is 227 g/mol. The molecule has 0 aromatic carbocycles. The molecule has 0 unspecified atom stereocenters. The quantitative estimate of drug-likeness (QED) is 0.802. The van der Waals surface area contributed by atoms with Gasteiger partial charge in [0, 0.05) is 6.54 Å². The Morgan fingerprint density at radius 1 is 1.38 bits per heavy atom. The summed E-state index contributed by atoms with van der Waals surface area (Å²) in [6.45, 7) is 11.0. The van der Waals surface area contributed by atoms with Crippen molar-refractivity contribution in [3.8, 4) is 0 Å². The minimum Gasteiger partial charge on any atom is -0.481 e. The van der Waals surface area contributed by atoms with Crippen molar-refractivity contribution in [3.05, 3.63) is 0 Å². The summed E-state index contributed by atoms with van der Waals surface area (Å²) in [5.41, 5.74) is -0.620. The van der Waals surface area contributed by atoms with E-state index in [1.165, 1.54) is 12.8 Å². The van der Waals surface area contributed by atoms with Crippen LogP contribution in [0.3, 0.4) is 0 Å². The third kappa shape index (κ3) is 3.48. The topological polar surface area (TPSA) is 40.5 Å². The lowest BCUT2D eigenvalue weighted by Crippen LogP contribution is -2.43. The molecule has 0 radical (unpaired) electrons. The second-order valence-electron chi connectivity index (χ2n) is 6.05. The lowest BCUT2D eigenvalue weighted by atomic mass is 9.85. The van der Waals surface area contributed by atoms with E-state index in [0.29, 0.717) is 6.54 Å². The molecule has 94 valence electrons. The fourth-order valence-electron chi connectivity index (χ4n) is 2.40. The number of piperidine rings is 1.